The highest BCUT2D eigenvalue weighted by Gasteiger charge is 2.38. The van der Waals surface area contributed by atoms with Crippen LogP contribution in [0.4, 0.5) is 8.78 Å². The highest BCUT2D eigenvalue weighted by atomic mass is 35.5. The minimum atomic E-state index is -2.64. The minimum absolute atomic E-state index is 0.139. The third-order valence-corrected chi connectivity index (χ3v) is 5.95. The van der Waals surface area contributed by atoms with Crippen LogP contribution in [-0.4, -0.2) is 70.2 Å². The van der Waals surface area contributed by atoms with Crippen LogP contribution in [-0.2, 0) is 6.54 Å². The second-order valence-electron chi connectivity index (χ2n) is 7.82. The van der Waals surface area contributed by atoms with Crippen LogP contribution >= 0.6 is 11.8 Å². The van der Waals surface area contributed by atoms with E-state index in [1.54, 1.807) is 11.0 Å². The van der Waals surface area contributed by atoms with E-state index in [1.165, 1.54) is 0 Å². The minimum Gasteiger partial charge on any atom is -0.316 e. The van der Waals surface area contributed by atoms with Gasteiger partial charge in [-0.15, -0.1) is 0 Å². The molecule has 2 aromatic rings. The Morgan fingerprint density at radius 3 is 2.86 bits per heavy atom. The molecule has 1 aromatic carbocycles. The first-order valence-electron chi connectivity index (χ1n) is 9.58. The predicted molar refractivity (Wildman–Crippen MR) is 104 cm³/mol. The molecule has 3 heterocycles. The Balaban J connectivity index is 1.43. The fourth-order valence-electron chi connectivity index (χ4n) is 3.81. The van der Waals surface area contributed by atoms with Gasteiger partial charge in [0.2, 0.25) is 0 Å². The van der Waals surface area contributed by atoms with E-state index < -0.39 is 5.92 Å². The van der Waals surface area contributed by atoms with Crippen molar-refractivity contribution in [1.29, 1.82) is 0 Å². The zero-order valence-corrected chi connectivity index (χ0v) is 16.6. The summed E-state index contributed by atoms with van der Waals surface area (Å²) in [7, 11) is 0. The molecule has 0 spiro atoms. The average molecular weight is 412 g/mol. The summed E-state index contributed by atoms with van der Waals surface area (Å²) in [6.07, 6.45) is 1.84. The van der Waals surface area contributed by atoms with Gasteiger partial charge in [0.05, 0.1) is 18.6 Å². The number of carbonyl (C=O) groups excluding carboxylic acids is 1. The summed E-state index contributed by atoms with van der Waals surface area (Å²) in [5.41, 5.74) is 2.19. The van der Waals surface area contributed by atoms with Crippen molar-refractivity contribution in [3.05, 3.63) is 29.5 Å². The van der Waals surface area contributed by atoms with Crippen LogP contribution in [0.3, 0.4) is 0 Å². The van der Waals surface area contributed by atoms with Crippen molar-refractivity contribution in [3.63, 3.8) is 0 Å². The lowest BCUT2D eigenvalue weighted by atomic mass is 10.0. The Labute approximate surface area is 167 Å². The van der Waals surface area contributed by atoms with Crippen LogP contribution in [0, 0.1) is 12.8 Å². The first-order chi connectivity index (χ1) is 13.3. The highest BCUT2D eigenvalue weighted by molar-refractivity contribution is 6.24. The van der Waals surface area contributed by atoms with Crippen molar-refractivity contribution in [3.8, 4) is 0 Å². The molecule has 2 aliphatic rings. The maximum atomic E-state index is 13.3. The SMILES string of the molecule is Cc1c(C(=O)N(Cl)CCN2CCC(F)(F)C2)ccc2nn(CC3CNC3)cc12. The number of nitrogens with zero attached hydrogens (tertiary/aromatic N) is 4. The van der Waals surface area contributed by atoms with Gasteiger partial charge in [0.25, 0.3) is 11.8 Å². The maximum absolute atomic E-state index is 13.3. The van der Waals surface area contributed by atoms with Gasteiger partial charge in [-0.05, 0) is 24.6 Å². The topological polar surface area (TPSA) is 53.4 Å². The van der Waals surface area contributed by atoms with E-state index in [1.807, 2.05) is 23.9 Å². The van der Waals surface area contributed by atoms with Gasteiger partial charge in [-0.3, -0.25) is 14.4 Å². The molecule has 2 fully saturated rings. The second-order valence-corrected chi connectivity index (χ2v) is 8.23. The normalized spacial score (nSPS) is 19.9. The van der Waals surface area contributed by atoms with E-state index >= 15 is 0 Å². The number of hydrogen-bond acceptors (Lipinski definition) is 4. The summed E-state index contributed by atoms with van der Waals surface area (Å²) >= 11 is 6.18. The molecule has 0 atom stereocenters. The number of hydrogen-bond donors (Lipinski definition) is 1. The van der Waals surface area contributed by atoms with Gasteiger partial charge < -0.3 is 5.32 Å². The number of carbonyl (C=O) groups is 1. The van der Waals surface area contributed by atoms with E-state index in [0.717, 1.165) is 40.5 Å². The largest absolute Gasteiger partial charge is 0.316 e. The maximum Gasteiger partial charge on any atom is 0.268 e. The Kier molecular flexibility index (Phi) is 5.28. The summed E-state index contributed by atoms with van der Waals surface area (Å²) in [6, 6.07) is 3.57. The highest BCUT2D eigenvalue weighted by Crippen LogP contribution is 2.27. The number of benzene rings is 1. The smallest absolute Gasteiger partial charge is 0.268 e. The Morgan fingerprint density at radius 1 is 1.43 bits per heavy atom. The molecule has 0 unspecified atom stereocenters. The van der Waals surface area contributed by atoms with E-state index in [9.17, 15) is 13.6 Å². The number of nitrogens with one attached hydrogen (secondary N) is 1. The number of rotatable bonds is 6. The van der Waals surface area contributed by atoms with Gasteiger partial charge in [-0.2, -0.15) is 5.10 Å². The molecule has 0 aliphatic carbocycles. The number of aryl methyl sites for hydroxylation is 1. The molecule has 152 valence electrons. The van der Waals surface area contributed by atoms with Gasteiger partial charge in [0, 0.05) is 74.0 Å². The van der Waals surface area contributed by atoms with Crippen molar-refractivity contribution in [2.24, 2.45) is 5.92 Å². The van der Waals surface area contributed by atoms with Gasteiger partial charge in [-0.1, -0.05) is 0 Å². The van der Waals surface area contributed by atoms with Crippen LogP contribution in [0.25, 0.3) is 10.9 Å². The lowest BCUT2D eigenvalue weighted by molar-refractivity contribution is 0.0121. The van der Waals surface area contributed by atoms with Gasteiger partial charge in [0.1, 0.15) is 0 Å². The molecule has 2 saturated heterocycles. The standard InChI is InChI=1S/C19H24ClF2N5O/c1-13-15(18(28)27(20)7-6-25-5-4-19(21,22)12-25)2-3-17-16(13)11-26(24-17)10-14-8-23-9-14/h2-3,11,14,23H,4-10,12H2,1H3. The quantitative estimate of drug-likeness (QED) is 0.742. The summed E-state index contributed by atoms with van der Waals surface area (Å²) in [5.74, 6) is -2.37. The van der Waals surface area contributed by atoms with Crippen LogP contribution < -0.4 is 5.32 Å². The molecular weight excluding hydrogens is 388 g/mol. The molecule has 1 N–H and O–H groups in total. The monoisotopic (exact) mass is 411 g/mol. The first kappa shape index (κ1) is 19.5. The van der Waals surface area contributed by atoms with Crippen molar-refractivity contribution >= 4 is 28.6 Å². The van der Waals surface area contributed by atoms with Gasteiger partial charge in [-0.25, -0.2) is 13.2 Å². The molecular formula is C19H24ClF2N5O. The Bertz CT molecular complexity index is 883. The second kappa shape index (κ2) is 7.57. The fraction of sp³-hybridized carbons (Fsp3) is 0.579. The van der Waals surface area contributed by atoms with Crippen molar-refractivity contribution in [1.82, 2.24) is 24.4 Å². The summed E-state index contributed by atoms with van der Waals surface area (Å²) in [5, 5.41) is 8.78. The molecule has 0 saturated carbocycles. The Morgan fingerprint density at radius 2 is 2.21 bits per heavy atom. The third-order valence-electron chi connectivity index (χ3n) is 5.63. The number of alkyl halides is 2. The number of fused-ring (bicyclic) bond motifs is 1. The van der Waals surface area contributed by atoms with Gasteiger partial charge in [0.15, 0.2) is 0 Å². The zero-order chi connectivity index (χ0) is 19.9. The fourth-order valence-corrected chi connectivity index (χ4v) is 3.97. The lowest BCUT2D eigenvalue weighted by Gasteiger charge is -2.26. The van der Waals surface area contributed by atoms with Crippen molar-refractivity contribution < 1.29 is 13.6 Å². The first-order valence-corrected chi connectivity index (χ1v) is 9.91. The van der Waals surface area contributed by atoms with Gasteiger partial charge >= 0.3 is 0 Å². The lowest BCUT2D eigenvalue weighted by Crippen LogP contribution is -2.44. The molecule has 1 amide bonds. The number of halogens is 3. The van der Waals surface area contributed by atoms with Crippen molar-refractivity contribution in [2.45, 2.75) is 25.8 Å². The number of likely N-dealkylation sites (tertiary alicyclic amines) is 1. The van der Waals surface area contributed by atoms with Crippen LogP contribution in [0.1, 0.15) is 22.3 Å². The Hall–Kier alpha value is -1.77. The summed E-state index contributed by atoms with van der Waals surface area (Å²) < 4.78 is 29.6. The molecule has 9 heteroatoms. The predicted octanol–water partition coefficient (Wildman–Crippen LogP) is 2.50. The molecule has 2 aliphatic heterocycles. The molecule has 4 rings (SSSR count). The number of amides is 1. The summed E-state index contributed by atoms with van der Waals surface area (Å²) in [4.78, 5) is 14.4. The van der Waals surface area contributed by atoms with E-state index in [0.29, 0.717) is 24.6 Å². The molecule has 0 bridgehead atoms. The van der Waals surface area contributed by atoms with Crippen LogP contribution in [0.2, 0.25) is 0 Å². The zero-order valence-electron chi connectivity index (χ0n) is 15.8. The van der Waals surface area contributed by atoms with E-state index in [4.69, 9.17) is 11.8 Å². The molecule has 0 radical (unpaired) electrons. The molecule has 6 nitrogen and oxygen atoms in total. The number of aromatic nitrogens is 2. The van der Waals surface area contributed by atoms with Crippen LogP contribution in [0.5, 0.6) is 0 Å². The van der Waals surface area contributed by atoms with E-state index in [-0.39, 0.29) is 25.4 Å². The molecule has 1 aromatic heterocycles. The van der Waals surface area contributed by atoms with E-state index in [2.05, 4.69) is 10.4 Å². The molecule has 28 heavy (non-hydrogen) atoms. The van der Waals surface area contributed by atoms with Crippen LogP contribution in [0.15, 0.2) is 18.3 Å². The van der Waals surface area contributed by atoms with Crippen molar-refractivity contribution in [2.75, 3.05) is 39.3 Å². The average Bonchev–Trinajstić information content (AvgIpc) is 3.19. The summed E-state index contributed by atoms with van der Waals surface area (Å²) in [6.45, 7) is 5.33. The third kappa shape index (κ3) is 3.99.